The summed E-state index contributed by atoms with van der Waals surface area (Å²) >= 11 is 0. The molecule has 1 unspecified atom stereocenters. The standard InChI is InChI=1S/C18H15FN2O3/c1-23-13-6-7-14(15-10-24-18(22)17(15)20)16(8-13)21-9-11-2-4-12(19)5-3-11/h2-9,15,20H,10H2,1H3. The van der Waals surface area contributed by atoms with Crippen molar-refractivity contribution in [3.8, 4) is 5.75 Å². The molecule has 0 spiro atoms. The number of nitrogens with one attached hydrogen (secondary N) is 1. The molecular formula is C18H15FN2O3. The Hall–Kier alpha value is -3.02. The van der Waals surface area contributed by atoms with Gasteiger partial charge in [0.1, 0.15) is 23.9 Å². The molecule has 0 amide bonds. The first-order valence-corrected chi connectivity index (χ1v) is 7.31. The van der Waals surface area contributed by atoms with E-state index in [0.29, 0.717) is 17.0 Å². The molecule has 24 heavy (non-hydrogen) atoms. The second-order valence-corrected chi connectivity index (χ2v) is 5.30. The number of aliphatic imine (C=N–C) groups is 1. The van der Waals surface area contributed by atoms with E-state index < -0.39 is 11.9 Å². The Labute approximate surface area is 138 Å². The molecule has 5 nitrogen and oxygen atoms in total. The lowest BCUT2D eigenvalue weighted by Crippen LogP contribution is -2.12. The summed E-state index contributed by atoms with van der Waals surface area (Å²) in [5.41, 5.74) is 1.94. The van der Waals surface area contributed by atoms with Crippen molar-refractivity contribution in [3.05, 3.63) is 59.4 Å². The summed E-state index contributed by atoms with van der Waals surface area (Å²) in [6.07, 6.45) is 1.60. The van der Waals surface area contributed by atoms with Crippen molar-refractivity contribution in [2.45, 2.75) is 5.92 Å². The maximum absolute atomic E-state index is 13.0. The molecule has 1 saturated heterocycles. The van der Waals surface area contributed by atoms with Gasteiger partial charge in [-0.05, 0) is 29.3 Å². The SMILES string of the molecule is COc1ccc(C2COC(=O)C2=N)c(N=Cc2ccc(F)cc2)c1. The van der Waals surface area contributed by atoms with E-state index in [1.54, 1.807) is 43.7 Å². The summed E-state index contributed by atoms with van der Waals surface area (Å²) in [5, 5.41) is 7.87. The van der Waals surface area contributed by atoms with Gasteiger partial charge in [0.2, 0.25) is 0 Å². The van der Waals surface area contributed by atoms with E-state index in [2.05, 4.69) is 4.99 Å². The second kappa shape index (κ2) is 6.62. The minimum absolute atomic E-state index is 0.0848. The highest BCUT2D eigenvalue weighted by Crippen LogP contribution is 2.34. The molecule has 0 aliphatic carbocycles. The Morgan fingerprint density at radius 1 is 1.29 bits per heavy atom. The minimum Gasteiger partial charge on any atom is -0.497 e. The second-order valence-electron chi connectivity index (χ2n) is 5.30. The van der Waals surface area contributed by atoms with Crippen LogP contribution >= 0.6 is 0 Å². The number of nitrogens with zero attached hydrogens (tertiary/aromatic N) is 1. The number of esters is 1. The first-order chi connectivity index (χ1) is 11.6. The van der Waals surface area contributed by atoms with Crippen molar-refractivity contribution in [2.75, 3.05) is 13.7 Å². The molecule has 1 N–H and O–H groups in total. The number of methoxy groups -OCH3 is 1. The first-order valence-electron chi connectivity index (χ1n) is 7.31. The van der Waals surface area contributed by atoms with E-state index in [-0.39, 0.29) is 18.1 Å². The van der Waals surface area contributed by atoms with E-state index in [1.165, 1.54) is 12.1 Å². The lowest BCUT2D eigenvalue weighted by molar-refractivity contribution is -0.132. The van der Waals surface area contributed by atoms with Crippen molar-refractivity contribution in [1.29, 1.82) is 5.41 Å². The monoisotopic (exact) mass is 326 g/mol. The summed E-state index contributed by atoms with van der Waals surface area (Å²) in [4.78, 5) is 15.9. The molecule has 1 heterocycles. The van der Waals surface area contributed by atoms with Gasteiger partial charge in [-0.1, -0.05) is 18.2 Å². The lowest BCUT2D eigenvalue weighted by atomic mass is 9.95. The van der Waals surface area contributed by atoms with Gasteiger partial charge in [-0.25, -0.2) is 9.18 Å². The van der Waals surface area contributed by atoms with Gasteiger partial charge >= 0.3 is 5.97 Å². The number of carbonyl (C=O) groups is 1. The average Bonchev–Trinajstić information content (AvgIpc) is 2.93. The van der Waals surface area contributed by atoms with Crippen LogP contribution in [0.1, 0.15) is 17.0 Å². The minimum atomic E-state index is -0.607. The van der Waals surface area contributed by atoms with Crippen molar-refractivity contribution < 1.29 is 18.7 Å². The molecule has 2 aromatic rings. The van der Waals surface area contributed by atoms with E-state index in [0.717, 1.165) is 5.56 Å². The van der Waals surface area contributed by atoms with Crippen LogP contribution in [-0.4, -0.2) is 31.6 Å². The summed E-state index contributed by atoms with van der Waals surface area (Å²) < 4.78 is 23.1. The fourth-order valence-electron chi connectivity index (χ4n) is 2.46. The Morgan fingerprint density at radius 2 is 2.04 bits per heavy atom. The van der Waals surface area contributed by atoms with Gasteiger partial charge < -0.3 is 9.47 Å². The van der Waals surface area contributed by atoms with Crippen LogP contribution in [0.15, 0.2) is 47.5 Å². The van der Waals surface area contributed by atoms with Gasteiger partial charge in [0.05, 0.1) is 18.7 Å². The molecule has 122 valence electrons. The van der Waals surface area contributed by atoms with Crippen LogP contribution in [0.25, 0.3) is 0 Å². The van der Waals surface area contributed by atoms with Gasteiger partial charge in [-0.3, -0.25) is 10.4 Å². The zero-order valence-electron chi connectivity index (χ0n) is 13.0. The zero-order chi connectivity index (χ0) is 17.1. The summed E-state index contributed by atoms with van der Waals surface area (Å²) in [6.45, 7) is 0.128. The zero-order valence-corrected chi connectivity index (χ0v) is 13.0. The molecule has 3 rings (SSSR count). The quantitative estimate of drug-likeness (QED) is 0.692. The van der Waals surface area contributed by atoms with Crippen molar-refractivity contribution in [3.63, 3.8) is 0 Å². The van der Waals surface area contributed by atoms with Gasteiger partial charge in [0, 0.05) is 12.3 Å². The highest BCUT2D eigenvalue weighted by molar-refractivity contribution is 6.39. The number of carbonyl (C=O) groups excluding carboxylic acids is 1. The highest BCUT2D eigenvalue weighted by Gasteiger charge is 2.33. The van der Waals surface area contributed by atoms with Crippen LogP contribution in [-0.2, 0) is 9.53 Å². The third-order valence-electron chi connectivity index (χ3n) is 3.79. The topological polar surface area (TPSA) is 71.7 Å². The summed E-state index contributed by atoms with van der Waals surface area (Å²) in [6, 6.07) is 11.2. The normalized spacial score (nSPS) is 17.3. The summed E-state index contributed by atoms with van der Waals surface area (Å²) in [5.74, 6) is -0.765. The van der Waals surface area contributed by atoms with Crippen LogP contribution in [0.4, 0.5) is 10.1 Å². The number of ether oxygens (including phenoxy) is 2. The fourth-order valence-corrected chi connectivity index (χ4v) is 2.46. The Balaban J connectivity index is 1.97. The first kappa shape index (κ1) is 15.9. The van der Waals surface area contributed by atoms with Crippen LogP contribution < -0.4 is 4.74 Å². The molecule has 2 aromatic carbocycles. The number of benzene rings is 2. The number of cyclic esters (lactones) is 1. The Bertz CT molecular complexity index is 816. The van der Waals surface area contributed by atoms with Crippen molar-refractivity contribution in [1.82, 2.24) is 0 Å². The van der Waals surface area contributed by atoms with Gasteiger partial charge in [0.25, 0.3) is 0 Å². The smallest absolute Gasteiger partial charge is 0.352 e. The summed E-state index contributed by atoms with van der Waals surface area (Å²) in [7, 11) is 1.55. The molecule has 1 aliphatic heterocycles. The van der Waals surface area contributed by atoms with Crippen LogP contribution in [0.2, 0.25) is 0 Å². The van der Waals surface area contributed by atoms with E-state index >= 15 is 0 Å². The average molecular weight is 326 g/mol. The maximum atomic E-state index is 13.0. The molecule has 1 atom stereocenters. The molecule has 0 bridgehead atoms. The number of hydrogen-bond acceptors (Lipinski definition) is 5. The van der Waals surface area contributed by atoms with Crippen molar-refractivity contribution in [2.24, 2.45) is 4.99 Å². The van der Waals surface area contributed by atoms with E-state index in [4.69, 9.17) is 14.9 Å². The fraction of sp³-hybridized carbons (Fsp3) is 0.167. The third kappa shape index (κ3) is 3.17. The van der Waals surface area contributed by atoms with Crippen molar-refractivity contribution >= 4 is 23.6 Å². The molecule has 0 saturated carbocycles. The predicted molar refractivity (Wildman–Crippen MR) is 88.1 cm³/mol. The van der Waals surface area contributed by atoms with Crippen LogP contribution in [0, 0.1) is 11.2 Å². The highest BCUT2D eigenvalue weighted by atomic mass is 19.1. The molecule has 0 aromatic heterocycles. The molecule has 0 radical (unpaired) electrons. The largest absolute Gasteiger partial charge is 0.497 e. The molecule has 1 fully saturated rings. The predicted octanol–water partition coefficient (Wildman–Crippen LogP) is 3.25. The van der Waals surface area contributed by atoms with Gasteiger partial charge in [-0.15, -0.1) is 0 Å². The third-order valence-corrected chi connectivity index (χ3v) is 3.79. The van der Waals surface area contributed by atoms with E-state index in [9.17, 15) is 9.18 Å². The lowest BCUT2D eigenvalue weighted by Gasteiger charge is -2.12. The molecule has 1 aliphatic rings. The molecule has 6 heteroatoms. The Morgan fingerprint density at radius 3 is 2.67 bits per heavy atom. The number of hydrogen-bond donors (Lipinski definition) is 1. The van der Waals surface area contributed by atoms with Gasteiger partial charge in [0.15, 0.2) is 0 Å². The number of halogens is 1. The maximum Gasteiger partial charge on any atom is 0.352 e. The Kier molecular flexibility index (Phi) is 4.37. The molecular weight excluding hydrogens is 311 g/mol. The van der Waals surface area contributed by atoms with Crippen LogP contribution in [0.5, 0.6) is 5.75 Å². The number of rotatable bonds is 4. The van der Waals surface area contributed by atoms with E-state index in [1.807, 2.05) is 0 Å². The van der Waals surface area contributed by atoms with Crippen LogP contribution in [0.3, 0.4) is 0 Å². The van der Waals surface area contributed by atoms with Gasteiger partial charge in [-0.2, -0.15) is 0 Å².